The van der Waals surface area contributed by atoms with Gasteiger partial charge in [-0.15, -0.1) is 0 Å². The van der Waals surface area contributed by atoms with E-state index in [1.807, 2.05) is 24.8 Å². The lowest BCUT2D eigenvalue weighted by molar-refractivity contribution is 0.471. The first-order valence-electron chi connectivity index (χ1n) is 6.73. The maximum Gasteiger partial charge on any atom is 0.254 e. The average Bonchev–Trinajstić information content (AvgIpc) is 2.88. The molecule has 0 radical (unpaired) electrons. The number of aromatic nitrogens is 4. The summed E-state index contributed by atoms with van der Waals surface area (Å²) < 4.78 is 1.79. The van der Waals surface area contributed by atoms with Crippen LogP contribution in [0.5, 0.6) is 0 Å². The van der Waals surface area contributed by atoms with Crippen molar-refractivity contribution < 1.29 is 0 Å². The number of rotatable bonds is 3. The van der Waals surface area contributed by atoms with E-state index in [0.717, 1.165) is 16.8 Å². The molecule has 0 bridgehead atoms. The number of nitrogens with zero attached hydrogens (tertiary/aromatic N) is 4. The van der Waals surface area contributed by atoms with Crippen molar-refractivity contribution in [3.63, 3.8) is 0 Å². The summed E-state index contributed by atoms with van der Waals surface area (Å²) in [7, 11) is 0. The summed E-state index contributed by atoms with van der Waals surface area (Å²) in [5, 5.41) is 8.68. The second-order valence-corrected chi connectivity index (χ2v) is 6.25. The molecule has 0 aliphatic heterocycles. The van der Waals surface area contributed by atoms with Crippen LogP contribution in [0.3, 0.4) is 0 Å². The molecule has 2 aromatic rings. The molecule has 1 aliphatic carbocycles. The number of thioether (sulfide) groups is 1. The van der Waals surface area contributed by atoms with E-state index in [2.05, 4.69) is 26.6 Å². The third kappa shape index (κ3) is 2.68. The van der Waals surface area contributed by atoms with E-state index in [0.29, 0.717) is 11.8 Å². The summed E-state index contributed by atoms with van der Waals surface area (Å²) in [6.45, 7) is 1.99. The van der Waals surface area contributed by atoms with E-state index in [1.54, 1.807) is 10.8 Å². The maximum atomic E-state index is 4.36. The van der Waals surface area contributed by atoms with Crippen molar-refractivity contribution in [2.45, 2.75) is 43.9 Å². The molecule has 102 valence electrons. The first-order valence-corrected chi connectivity index (χ1v) is 8.02. The summed E-state index contributed by atoms with van der Waals surface area (Å²) >= 11 is 2.00. The highest BCUT2D eigenvalue weighted by Crippen LogP contribution is 2.28. The van der Waals surface area contributed by atoms with Gasteiger partial charge in [0.1, 0.15) is 12.1 Å². The minimum Gasteiger partial charge on any atom is -0.367 e. The van der Waals surface area contributed by atoms with E-state index >= 15 is 0 Å². The highest BCUT2D eigenvalue weighted by atomic mass is 32.2. The quantitative estimate of drug-likeness (QED) is 0.934. The zero-order chi connectivity index (χ0) is 13.2. The zero-order valence-corrected chi connectivity index (χ0v) is 12.2. The topological polar surface area (TPSA) is 55.1 Å². The Morgan fingerprint density at radius 2 is 2.11 bits per heavy atom. The van der Waals surface area contributed by atoms with Gasteiger partial charge in [-0.2, -0.15) is 26.4 Å². The Kier molecular flexibility index (Phi) is 3.59. The molecule has 2 aromatic heterocycles. The van der Waals surface area contributed by atoms with Crippen molar-refractivity contribution in [2.75, 3.05) is 11.6 Å². The lowest BCUT2D eigenvalue weighted by Gasteiger charge is -2.28. The molecule has 1 fully saturated rings. The van der Waals surface area contributed by atoms with Crippen LogP contribution in [0.1, 0.15) is 31.4 Å². The SMILES string of the molecule is CSC1CCC(Nc2cc(C)nc3ncnn23)CC1. The zero-order valence-electron chi connectivity index (χ0n) is 11.3. The molecule has 0 atom stereocenters. The van der Waals surface area contributed by atoms with Gasteiger partial charge in [0.05, 0.1) is 0 Å². The van der Waals surface area contributed by atoms with Gasteiger partial charge in [-0.05, 0) is 38.9 Å². The smallest absolute Gasteiger partial charge is 0.254 e. The van der Waals surface area contributed by atoms with Gasteiger partial charge in [0.15, 0.2) is 0 Å². The van der Waals surface area contributed by atoms with Gasteiger partial charge >= 0.3 is 0 Å². The fourth-order valence-corrected chi connectivity index (χ4v) is 3.43. The monoisotopic (exact) mass is 277 g/mol. The van der Waals surface area contributed by atoms with E-state index in [1.165, 1.54) is 25.7 Å². The highest BCUT2D eigenvalue weighted by molar-refractivity contribution is 7.99. The third-order valence-electron chi connectivity index (χ3n) is 3.74. The Balaban J connectivity index is 1.76. The molecule has 3 rings (SSSR count). The standard InChI is InChI=1S/C13H19N5S/c1-9-7-12(18-13(16-9)14-8-15-18)17-10-3-5-11(19-2)6-4-10/h7-8,10-11,17H,3-6H2,1-2H3. The first-order chi connectivity index (χ1) is 9.26. The molecule has 0 saturated heterocycles. The van der Waals surface area contributed by atoms with E-state index in [-0.39, 0.29) is 0 Å². The van der Waals surface area contributed by atoms with Crippen LogP contribution in [0.2, 0.25) is 0 Å². The van der Waals surface area contributed by atoms with Gasteiger partial charge in [-0.3, -0.25) is 0 Å². The molecule has 19 heavy (non-hydrogen) atoms. The Morgan fingerprint density at radius 3 is 2.84 bits per heavy atom. The van der Waals surface area contributed by atoms with Crippen LogP contribution >= 0.6 is 11.8 Å². The fraction of sp³-hybridized carbons (Fsp3) is 0.615. The second-order valence-electron chi connectivity index (χ2n) is 5.11. The highest BCUT2D eigenvalue weighted by Gasteiger charge is 2.21. The van der Waals surface area contributed by atoms with Crippen LogP contribution in [-0.4, -0.2) is 37.1 Å². The first kappa shape index (κ1) is 12.7. The lowest BCUT2D eigenvalue weighted by Crippen LogP contribution is -2.28. The maximum absolute atomic E-state index is 4.36. The van der Waals surface area contributed by atoms with Crippen molar-refractivity contribution in [2.24, 2.45) is 0 Å². The summed E-state index contributed by atoms with van der Waals surface area (Å²) in [5.41, 5.74) is 0.973. The molecule has 0 unspecified atom stereocenters. The summed E-state index contributed by atoms with van der Waals surface area (Å²) in [6.07, 6.45) is 8.81. The van der Waals surface area contributed by atoms with Crippen molar-refractivity contribution >= 4 is 23.4 Å². The number of hydrogen-bond acceptors (Lipinski definition) is 5. The minimum atomic E-state index is 0.539. The van der Waals surface area contributed by atoms with Crippen LogP contribution in [0.25, 0.3) is 5.78 Å². The molecule has 0 aromatic carbocycles. The van der Waals surface area contributed by atoms with Gasteiger partial charge in [0.2, 0.25) is 0 Å². The van der Waals surface area contributed by atoms with Gasteiger partial charge in [-0.25, -0.2) is 4.98 Å². The van der Waals surface area contributed by atoms with Crippen LogP contribution in [-0.2, 0) is 0 Å². The summed E-state index contributed by atoms with van der Waals surface area (Å²) in [4.78, 5) is 8.52. The minimum absolute atomic E-state index is 0.539. The van der Waals surface area contributed by atoms with E-state index in [4.69, 9.17) is 0 Å². The van der Waals surface area contributed by atoms with Crippen molar-refractivity contribution in [3.05, 3.63) is 18.1 Å². The lowest BCUT2D eigenvalue weighted by atomic mass is 9.95. The molecule has 0 spiro atoms. The summed E-state index contributed by atoms with van der Waals surface area (Å²) in [6, 6.07) is 2.58. The van der Waals surface area contributed by atoms with Crippen LogP contribution < -0.4 is 5.32 Å². The Hall–Kier alpha value is -1.30. The molecule has 6 heteroatoms. The summed E-state index contributed by atoms with van der Waals surface area (Å²) in [5.74, 6) is 1.67. The third-order valence-corrected chi connectivity index (χ3v) is 4.88. The normalized spacial score (nSPS) is 23.7. The van der Waals surface area contributed by atoms with Crippen LogP contribution in [0.4, 0.5) is 5.82 Å². The van der Waals surface area contributed by atoms with Crippen LogP contribution in [0.15, 0.2) is 12.4 Å². The Morgan fingerprint density at radius 1 is 1.32 bits per heavy atom. The van der Waals surface area contributed by atoms with Gasteiger partial charge < -0.3 is 5.32 Å². The molecular formula is C13H19N5S. The van der Waals surface area contributed by atoms with Gasteiger partial charge in [0.25, 0.3) is 5.78 Å². The molecule has 2 heterocycles. The molecule has 1 aliphatic rings. The van der Waals surface area contributed by atoms with E-state index < -0.39 is 0 Å². The van der Waals surface area contributed by atoms with Gasteiger partial charge in [0, 0.05) is 23.1 Å². The Labute approximate surface area is 117 Å². The molecule has 1 saturated carbocycles. The number of aryl methyl sites for hydroxylation is 1. The second kappa shape index (κ2) is 5.36. The average molecular weight is 277 g/mol. The van der Waals surface area contributed by atoms with Crippen molar-refractivity contribution in [3.8, 4) is 0 Å². The molecule has 1 N–H and O–H groups in total. The molecule has 0 amide bonds. The number of hydrogen-bond donors (Lipinski definition) is 1. The fourth-order valence-electron chi connectivity index (χ4n) is 2.69. The molecule has 5 nitrogen and oxygen atoms in total. The Bertz CT molecular complexity index is 559. The van der Waals surface area contributed by atoms with Crippen LogP contribution in [0, 0.1) is 6.92 Å². The number of fused-ring (bicyclic) bond motifs is 1. The largest absolute Gasteiger partial charge is 0.367 e. The van der Waals surface area contributed by atoms with Crippen molar-refractivity contribution in [1.29, 1.82) is 0 Å². The predicted molar refractivity (Wildman–Crippen MR) is 78.7 cm³/mol. The van der Waals surface area contributed by atoms with E-state index in [9.17, 15) is 0 Å². The predicted octanol–water partition coefficient (Wildman–Crippen LogP) is 2.52. The number of anilines is 1. The van der Waals surface area contributed by atoms with Crippen molar-refractivity contribution in [1.82, 2.24) is 19.6 Å². The molecular weight excluding hydrogens is 258 g/mol. The van der Waals surface area contributed by atoms with Gasteiger partial charge in [-0.1, -0.05) is 0 Å². The number of nitrogens with one attached hydrogen (secondary N) is 1.